The lowest BCUT2D eigenvalue weighted by atomic mass is 10.3. The summed E-state index contributed by atoms with van der Waals surface area (Å²) in [5.74, 6) is -0.595. The van der Waals surface area contributed by atoms with Crippen LogP contribution < -0.4 is 5.73 Å². The van der Waals surface area contributed by atoms with Crippen LogP contribution >= 0.6 is 23.4 Å². The second-order valence-electron chi connectivity index (χ2n) is 2.30. The summed E-state index contributed by atoms with van der Waals surface area (Å²) in [4.78, 5) is 15.2. The van der Waals surface area contributed by atoms with Crippen LogP contribution in [-0.2, 0) is 9.53 Å². The van der Waals surface area contributed by atoms with Gasteiger partial charge in [-0.1, -0.05) is 18.2 Å². The maximum Gasteiger partial charge on any atom is 0.342 e. The number of rotatable bonds is 5. The van der Waals surface area contributed by atoms with E-state index < -0.39 is 5.97 Å². The average Bonchev–Trinajstić information content (AvgIpc) is 2.19. The molecule has 0 aliphatic heterocycles. The molecule has 15 heavy (non-hydrogen) atoms. The van der Waals surface area contributed by atoms with Gasteiger partial charge in [0.15, 0.2) is 0 Å². The SMILES string of the molecule is C=C(/N=C(Cl)\C(=C/N)C(=O)OCC)SC. The van der Waals surface area contributed by atoms with Gasteiger partial charge in [-0.15, -0.1) is 11.8 Å². The van der Waals surface area contributed by atoms with Gasteiger partial charge in [0.25, 0.3) is 0 Å². The third-order valence-electron chi connectivity index (χ3n) is 1.34. The van der Waals surface area contributed by atoms with Crippen molar-refractivity contribution in [1.82, 2.24) is 0 Å². The van der Waals surface area contributed by atoms with E-state index in [4.69, 9.17) is 22.1 Å². The van der Waals surface area contributed by atoms with Gasteiger partial charge in [-0.25, -0.2) is 9.79 Å². The van der Waals surface area contributed by atoms with Crippen LogP contribution in [0, 0.1) is 0 Å². The fourth-order valence-electron chi connectivity index (χ4n) is 0.645. The molecule has 2 N–H and O–H groups in total. The van der Waals surface area contributed by atoms with Crippen LogP contribution in [0.15, 0.2) is 28.4 Å². The van der Waals surface area contributed by atoms with E-state index in [1.807, 2.05) is 0 Å². The number of esters is 1. The van der Waals surface area contributed by atoms with Crippen LogP contribution in [0.4, 0.5) is 0 Å². The smallest absolute Gasteiger partial charge is 0.342 e. The van der Waals surface area contributed by atoms with Crippen molar-refractivity contribution >= 4 is 34.5 Å². The molecule has 0 saturated carbocycles. The highest BCUT2D eigenvalue weighted by Gasteiger charge is 2.15. The molecule has 0 aromatic rings. The molecule has 0 fully saturated rings. The molecular weight excluding hydrogens is 236 g/mol. The Bertz CT molecular complexity index is 313. The first-order valence-electron chi connectivity index (χ1n) is 4.13. The van der Waals surface area contributed by atoms with Gasteiger partial charge >= 0.3 is 5.97 Å². The minimum atomic E-state index is -0.595. The van der Waals surface area contributed by atoms with E-state index in [0.717, 1.165) is 6.20 Å². The number of carbonyl (C=O) groups excluding carboxylic acids is 1. The molecule has 0 rings (SSSR count). The Kier molecular flexibility index (Phi) is 6.90. The monoisotopic (exact) mass is 248 g/mol. The summed E-state index contributed by atoms with van der Waals surface area (Å²) in [7, 11) is 0. The van der Waals surface area contributed by atoms with Gasteiger partial charge in [0.2, 0.25) is 0 Å². The summed E-state index contributed by atoms with van der Waals surface area (Å²) in [6.07, 6.45) is 2.86. The molecule has 0 atom stereocenters. The topological polar surface area (TPSA) is 64.7 Å². The maximum atomic E-state index is 11.3. The fraction of sp³-hybridized carbons (Fsp3) is 0.333. The van der Waals surface area contributed by atoms with Crippen molar-refractivity contribution in [2.75, 3.05) is 12.9 Å². The number of nitrogens with two attached hydrogens (primary N) is 1. The summed E-state index contributed by atoms with van der Waals surface area (Å²) in [6, 6.07) is 0. The summed E-state index contributed by atoms with van der Waals surface area (Å²) >= 11 is 7.10. The van der Waals surface area contributed by atoms with E-state index in [1.54, 1.807) is 13.2 Å². The Morgan fingerprint density at radius 3 is 2.73 bits per heavy atom. The van der Waals surface area contributed by atoms with E-state index in [-0.39, 0.29) is 17.4 Å². The number of ether oxygens (including phenoxy) is 1. The quantitative estimate of drug-likeness (QED) is 0.458. The molecule has 84 valence electrons. The highest BCUT2D eigenvalue weighted by Crippen LogP contribution is 2.14. The fourth-order valence-corrected chi connectivity index (χ4v) is 1.12. The summed E-state index contributed by atoms with van der Waals surface area (Å²) in [5.41, 5.74) is 5.29. The molecule has 0 bridgehead atoms. The van der Waals surface area contributed by atoms with E-state index in [2.05, 4.69) is 11.6 Å². The van der Waals surface area contributed by atoms with Gasteiger partial charge in [0, 0.05) is 6.20 Å². The van der Waals surface area contributed by atoms with E-state index >= 15 is 0 Å². The van der Waals surface area contributed by atoms with Crippen LogP contribution in [0.5, 0.6) is 0 Å². The summed E-state index contributed by atoms with van der Waals surface area (Å²) in [5, 5.41) is 0.471. The van der Waals surface area contributed by atoms with Crippen molar-refractivity contribution < 1.29 is 9.53 Å². The second-order valence-corrected chi connectivity index (χ2v) is 3.54. The van der Waals surface area contributed by atoms with E-state index in [1.165, 1.54) is 11.8 Å². The van der Waals surface area contributed by atoms with Gasteiger partial charge < -0.3 is 10.5 Å². The first kappa shape index (κ1) is 14.1. The standard InChI is InChI=1S/C9H13ClN2O2S/c1-4-14-9(13)7(5-11)8(10)12-6(2)15-3/h5H,2,4,11H2,1,3H3/b7-5+,12-8+. The molecular formula is C9H13ClN2O2S. The maximum absolute atomic E-state index is 11.3. The van der Waals surface area contributed by atoms with Gasteiger partial charge in [-0.3, -0.25) is 0 Å². The summed E-state index contributed by atoms with van der Waals surface area (Å²) < 4.78 is 4.74. The Labute approximate surface area is 98.2 Å². The lowest BCUT2D eigenvalue weighted by Gasteiger charge is -2.04. The van der Waals surface area contributed by atoms with Crippen molar-refractivity contribution in [3.05, 3.63) is 23.4 Å². The van der Waals surface area contributed by atoms with Crippen molar-refractivity contribution in [2.45, 2.75) is 6.92 Å². The number of aliphatic imine (C=N–C) groups is 1. The highest BCUT2D eigenvalue weighted by atomic mass is 35.5. The Hall–Kier alpha value is -0.940. The zero-order chi connectivity index (χ0) is 11.8. The van der Waals surface area contributed by atoms with Crippen molar-refractivity contribution in [1.29, 1.82) is 0 Å². The molecule has 0 saturated heterocycles. The predicted octanol–water partition coefficient (Wildman–Crippen LogP) is 1.86. The number of thioether (sulfide) groups is 1. The zero-order valence-electron chi connectivity index (χ0n) is 8.62. The predicted molar refractivity (Wildman–Crippen MR) is 64.8 cm³/mol. The molecule has 0 aromatic carbocycles. The Morgan fingerprint density at radius 1 is 1.73 bits per heavy atom. The molecule has 0 aliphatic carbocycles. The third kappa shape index (κ3) is 4.90. The van der Waals surface area contributed by atoms with Crippen LogP contribution in [-0.4, -0.2) is 24.0 Å². The van der Waals surface area contributed by atoms with Crippen LogP contribution in [0.1, 0.15) is 6.92 Å². The third-order valence-corrected chi connectivity index (χ3v) is 2.19. The van der Waals surface area contributed by atoms with Crippen molar-refractivity contribution in [3.8, 4) is 0 Å². The van der Waals surface area contributed by atoms with Crippen molar-refractivity contribution in [3.63, 3.8) is 0 Å². The van der Waals surface area contributed by atoms with Crippen LogP contribution in [0.3, 0.4) is 0 Å². The number of carbonyl (C=O) groups is 1. The highest BCUT2D eigenvalue weighted by molar-refractivity contribution is 8.02. The summed E-state index contributed by atoms with van der Waals surface area (Å²) in [6.45, 7) is 5.55. The molecule has 0 heterocycles. The molecule has 6 heteroatoms. The van der Waals surface area contributed by atoms with Gasteiger partial charge in [0.05, 0.1) is 11.6 Å². The molecule has 0 amide bonds. The minimum absolute atomic E-state index is 0.0182. The normalized spacial score (nSPS) is 12.5. The Balaban J connectivity index is 4.77. The second kappa shape index (κ2) is 7.36. The average molecular weight is 249 g/mol. The van der Waals surface area contributed by atoms with Crippen LogP contribution in [0.2, 0.25) is 0 Å². The molecule has 4 nitrogen and oxygen atoms in total. The largest absolute Gasteiger partial charge is 0.462 e. The molecule has 0 aliphatic rings. The first-order chi connectivity index (χ1) is 7.06. The zero-order valence-corrected chi connectivity index (χ0v) is 10.2. The van der Waals surface area contributed by atoms with Gasteiger partial charge in [-0.2, -0.15) is 0 Å². The number of halogens is 1. The molecule has 0 spiro atoms. The number of hydrogen-bond acceptors (Lipinski definition) is 5. The number of nitrogens with zero attached hydrogens (tertiary/aromatic N) is 1. The van der Waals surface area contributed by atoms with E-state index in [0.29, 0.717) is 5.03 Å². The molecule has 0 aromatic heterocycles. The van der Waals surface area contributed by atoms with Crippen LogP contribution in [0.25, 0.3) is 0 Å². The first-order valence-corrected chi connectivity index (χ1v) is 5.73. The van der Waals surface area contributed by atoms with Gasteiger partial charge in [-0.05, 0) is 13.2 Å². The Morgan fingerprint density at radius 2 is 2.33 bits per heavy atom. The minimum Gasteiger partial charge on any atom is -0.462 e. The molecule has 0 radical (unpaired) electrons. The van der Waals surface area contributed by atoms with E-state index in [9.17, 15) is 4.79 Å². The number of hydrogen-bond donors (Lipinski definition) is 1. The van der Waals surface area contributed by atoms with Crippen molar-refractivity contribution in [2.24, 2.45) is 10.7 Å². The van der Waals surface area contributed by atoms with Gasteiger partial charge in [0.1, 0.15) is 10.7 Å². The lowest BCUT2D eigenvalue weighted by Crippen LogP contribution is -2.14. The molecule has 0 unspecified atom stereocenters. The lowest BCUT2D eigenvalue weighted by molar-refractivity contribution is -0.137.